The van der Waals surface area contributed by atoms with Crippen molar-refractivity contribution in [2.75, 3.05) is 6.54 Å². The first-order valence-corrected chi connectivity index (χ1v) is 8.68. The maximum Gasteiger partial charge on any atom is 0.255 e. The van der Waals surface area contributed by atoms with E-state index in [1.807, 2.05) is 22.9 Å². The molecule has 4 rings (SSSR count). The van der Waals surface area contributed by atoms with Crippen molar-refractivity contribution in [3.63, 3.8) is 0 Å². The Morgan fingerprint density at radius 3 is 2.73 bits per heavy atom. The molecule has 1 aliphatic heterocycles. The summed E-state index contributed by atoms with van der Waals surface area (Å²) in [5.74, 6) is -0.0385. The van der Waals surface area contributed by atoms with Gasteiger partial charge in [-0.2, -0.15) is 5.10 Å². The lowest BCUT2D eigenvalue weighted by Crippen LogP contribution is -2.36. The molecule has 0 aliphatic carbocycles. The average molecular weight is 348 g/mol. The molecule has 0 radical (unpaired) electrons. The summed E-state index contributed by atoms with van der Waals surface area (Å²) in [4.78, 5) is 18.5. The minimum atomic E-state index is -0.126. The van der Waals surface area contributed by atoms with Gasteiger partial charge in [0.2, 0.25) is 0 Å². The molecule has 3 aromatic rings. The number of fused-ring (bicyclic) bond motifs is 1. The second-order valence-corrected chi connectivity index (χ2v) is 6.39. The fraction of sp³-hybridized carbons (Fsp3) is 0.250. The van der Waals surface area contributed by atoms with Gasteiger partial charge in [-0.25, -0.2) is 0 Å². The van der Waals surface area contributed by atoms with E-state index in [9.17, 15) is 9.90 Å². The van der Waals surface area contributed by atoms with Crippen LogP contribution in [0.4, 0.5) is 0 Å². The number of carbonyl (C=O) groups is 1. The summed E-state index contributed by atoms with van der Waals surface area (Å²) in [6.07, 6.45) is 3.97. The summed E-state index contributed by atoms with van der Waals surface area (Å²) in [6, 6.07) is 13.7. The Balaban J connectivity index is 1.60. The Bertz CT molecular complexity index is 906. The number of amides is 1. The summed E-state index contributed by atoms with van der Waals surface area (Å²) >= 11 is 0. The van der Waals surface area contributed by atoms with E-state index in [0.29, 0.717) is 30.9 Å². The molecular formula is C20H20N4O2. The zero-order chi connectivity index (χ0) is 17.9. The van der Waals surface area contributed by atoms with Crippen molar-refractivity contribution >= 4 is 5.91 Å². The first-order valence-electron chi connectivity index (χ1n) is 8.68. The highest BCUT2D eigenvalue weighted by molar-refractivity contribution is 5.94. The predicted octanol–water partition coefficient (Wildman–Crippen LogP) is 2.02. The smallest absolute Gasteiger partial charge is 0.255 e. The third-order valence-electron chi connectivity index (χ3n) is 4.74. The van der Waals surface area contributed by atoms with Gasteiger partial charge in [-0.1, -0.05) is 30.3 Å². The number of pyridine rings is 1. The van der Waals surface area contributed by atoms with Crippen LogP contribution in [0, 0.1) is 0 Å². The van der Waals surface area contributed by atoms with Crippen molar-refractivity contribution < 1.29 is 9.90 Å². The van der Waals surface area contributed by atoms with Crippen LogP contribution in [0.25, 0.3) is 0 Å². The highest BCUT2D eigenvalue weighted by Crippen LogP contribution is 2.24. The van der Waals surface area contributed by atoms with Gasteiger partial charge in [-0.05, 0) is 17.7 Å². The molecule has 132 valence electrons. The predicted molar refractivity (Wildman–Crippen MR) is 96.4 cm³/mol. The third-order valence-corrected chi connectivity index (χ3v) is 4.74. The second kappa shape index (κ2) is 7.09. The molecule has 1 amide bonds. The van der Waals surface area contributed by atoms with Gasteiger partial charge in [0.25, 0.3) is 5.91 Å². The summed E-state index contributed by atoms with van der Waals surface area (Å²) in [7, 11) is 0. The van der Waals surface area contributed by atoms with E-state index in [2.05, 4.69) is 22.2 Å². The molecule has 0 saturated carbocycles. The summed E-state index contributed by atoms with van der Waals surface area (Å²) < 4.78 is 1.96. The van der Waals surface area contributed by atoms with Crippen LogP contribution in [-0.4, -0.2) is 37.2 Å². The standard InChI is InChI=1S/C20H20N4O2/c25-14-18-17-13-23(20(26)16-7-4-9-21-11-16)10-8-19(17)24(22-18)12-15-5-2-1-3-6-15/h1-7,9,11,25H,8,10,12-14H2. The zero-order valence-electron chi connectivity index (χ0n) is 14.4. The molecule has 0 unspecified atom stereocenters. The largest absolute Gasteiger partial charge is 0.390 e. The Morgan fingerprint density at radius 2 is 2.00 bits per heavy atom. The Kier molecular flexibility index (Phi) is 4.50. The number of aromatic nitrogens is 3. The summed E-state index contributed by atoms with van der Waals surface area (Å²) in [5.41, 5.74) is 4.47. The first kappa shape index (κ1) is 16.5. The molecule has 3 heterocycles. The van der Waals surface area contributed by atoms with Crippen LogP contribution in [0.3, 0.4) is 0 Å². The number of aliphatic hydroxyl groups is 1. The maximum atomic E-state index is 12.7. The Hall–Kier alpha value is -2.99. The van der Waals surface area contributed by atoms with Gasteiger partial charge in [0.1, 0.15) is 0 Å². The van der Waals surface area contributed by atoms with E-state index in [1.165, 1.54) is 0 Å². The fourth-order valence-electron chi connectivity index (χ4n) is 3.42. The quantitative estimate of drug-likeness (QED) is 0.783. The summed E-state index contributed by atoms with van der Waals surface area (Å²) in [5, 5.41) is 14.3. The van der Waals surface area contributed by atoms with E-state index in [1.54, 1.807) is 29.4 Å². The molecule has 0 atom stereocenters. The number of rotatable bonds is 4. The van der Waals surface area contributed by atoms with Gasteiger partial charge in [-0.3, -0.25) is 14.5 Å². The first-order chi connectivity index (χ1) is 12.8. The van der Waals surface area contributed by atoms with E-state index in [4.69, 9.17) is 0 Å². The molecule has 0 saturated heterocycles. The minimum absolute atomic E-state index is 0.0385. The van der Waals surface area contributed by atoms with Crippen LogP contribution >= 0.6 is 0 Å². The molecule has 26 heavy (non-hydrogen) atoms. The molecule has 0 fully saturated rings. The molecular weight excluding hydrogens is 328 g/mol. The van der Waals surface area contributed by atoms with Gasteiger partial charge < -0.3 is 10.0 Å². The molecule has 2 aromatic heterocycles. The van der Waals surface area contributed by atoms with Crippen LogP contribution in [0.2, 0.25) is 0 Å². The van der Waals surface area contributed by atoms with E-state index < -0.39 is 0 Å². The minimum Gasteiger partial charge on any atom is -0.390 e. The number of carbonyl (C=O) groups excluding carboxylic acids is 1. The van der Waals surface area contributed by atoms with Crippen LogP contribution in [-0.2, 0) is 26.1 Å². The van der Waals surface area contributed by atoms with Crippen LogP contribution in [0.5, 0.6) is 0 Å². The van der Waals surface area contributed by atoms with Crippen molar-refractivity contribution in [1.29, 1.82) is 0 Å². The van der Waals surface area contributed by atoms with E-state index in [0.717, 1.165) is 23.2 Å². The highest BCUT2D eigenvalue weighted by atomic mass is 16.3. The monoisotopic (exact) mass is 348 g/mol. The maximum absolute atomic E-state index is 12.7. The van der Waals surface area contributed by atoms with E-state index in [-0.39, 0.29) is 12.5 Å². The van der Waals surface area contributed by atoms with Crippen molar-refractivity contribution in [3.8, 4) is 0 Å². The van der Waals surface area contributed by atoms with Crippen LogP contribution < -0.4 is 0 Å². The number of hydrogen-bond donors (Lipinski definition) is 1. The Morgan fingerprint density at radius 1 is 1.15 bits per heavy atom. The average Bonchev–Trinajstić information content (AvgIpc) is 3.05. The van der Waals surface area contributed by atoms with Gasteiger partial charge in [0, 0.05) is 43.2 Å². The lowest BCUT2D eigenvalue weighted by Gasteiger charge is -2.28. The lowest BCUT2D eigenvalue weighted by atomic mass is 10.0. The van der Waals surface area contributed by atoms with Crippen molar-refractivity contribution in [2.45, 2.75) is 26.1 Å². The number of benzene rings is 1. The van der Waals surface area contributed by atoms with Crippen molar-refractivity contribution in [2.24, 2.45) is 0 Å². The zero-order valence-corrected chi connectivity index (χ0v) is 14.4. The van der Waals surface area contributed by atoms with Gasteiger partial charge in [-0.15, -0.1) is 0 Å². The van der Waals surface area contributed by atoms with Crippen molar-refractivity contribution in [1.82, 2.24) is 19.7 Å². The number of aliphatic hydroxyl groups excluding tert-OH is 1. The molecule has 0 bridgehead atoms. The normalized spacial score (nSPS) is 13.5. The SMILES string of the molecule is O=C(c1cccnc1)N1CCc2c(c(CO)nn2Cc2ccccc2)C1. The molecule has 1 N–H and O–H groups in total. The van der Waals surface area contributed by atoms with Crippen LogP contribution in [0.15, 0.2) is 54.9 Å². The van der Waals surface area contributed by atoms with Gasteiger partial charge in [0.15, 0.2) is 0 Å². The number of nitrogens with zero attached hydrogens (tertiary/aromatic N) is 4. The summed E-state index contributed by atoms with van der Waals surface area (Å²) in [6.45, 7) is 1.64. The van der Waals surface area contributed by atoms with Crippen LogP contribution in [0.1, 0.15) is 32.9 Å². The molecule has 1 aromatic carbocycles. The molecule has 0 spiro atoms. The Labute approximate surface area is 151 Å². The molecule has 6 nitrogen and oxygen atoms in total. The van der Waals surface area contributed by atoms with E-state index >= 15 is 0 Å². The van der Waals surface area contributed by atoms with Gasteiger partial charge >= 0.3 is 0 Å². The fourth-order valence-corrected chi connectivity index (χ4v) is 3.42. The number of hydrogen-bond acceptors (Lipinski definition) is 4. The third kappa shape index (κ3) is 3.11. The topological polar surface area (TPSA) is 71.2 Å². The second-order valence-electron chi connectivity index (χ2n) is 6.39. The molecule has 6 heteroatoms. The molecule has 1 aliphatic rings. The van der Waals surface area contributed by atoms with Gasteiger partial charge in [0.05, 0.1) is 24.4 Å². The lowest BCUT2D eigenvalue weighted by molar-refractivity contribution is 0.0731. The van der Waals surface area contributed by atoms with Crippen molar-refractivity contribution in [3.05, 3.63) is 82.9 Å². The highest BCUT2D eigenvalue weighted by Gasteiger charge is 2.27.